The highest BCUT2D eigenvalue weighted by Crippen LogP contribution is 2.17. The zero-order valence-electron chi connectivity index (χ0n) is 10.7. The van der Waals surface area contributed by atoms with E-state index in [4.69, 9.17) is 0 Å². The van der Waals surface area contributed by atoms with Crippen LogP contribution >= 0.6 is 11.3 Å². The van der Waals surface area contributed by atoms with Crippen molar-refractivity contribution >= 4 is 22.5 Å². The molecule has 0 radical (unpaired) electrons. The second kappa shape index (κ2) is 6.58. The molecule has 1 saturated carbocycles. The fraction of sp³-hybridized carbons (Fsp3) is 0.667. The summed E-state index contributed by atoms with van der Waals surface area (Å²) in [6, 6.07) is 0.325. The maximum atomic E-state index is 11.6. The van der Waals surface area contributed by atoms with Crippen molar-refractivity contribution in [1.29, 1.82) is 0 Å². The number of hydrogen-bond acceptors (Lipinski definition) is 4. The largest absolute Gasteiger partial charge is 0.365 e. The molecule has 0 unspecified atom stereocenters. The van der Waals surface area contributed by atoms with E-state index in [1.54, 1.807) is 11.3 Å². The second-order valence-electron chi connectivity index (χ2n) is 4.53. The molecule has 1 fully saturated rings. The van der Waals surface area contributed by atoms with E-state index in [2.05, 4.69) is 20.9 Å². The van der Waals surface area contributed by atoms with Gasteiger partial charge in [0.1, 0.15) is 0 Å². The van der Waals surface area contributed by atoms with Crippen LogP contribution in [-0.4, -0.2) is 30.6 Å². The molecule has 1 aliphatic rings. The average Bonchev–Trinajstić information content (AvgIpc) is 3.00. The number of urea groups is 1. The van der Waals surface area contributed by atoms with E-state index in [1.807, 2.05) is 12.4 Å². The van der Waals surface area contributed by atoms with Crippen LogP contribution in [0.4, 0.5) is 9.93 Å². The summed E-state index contributed by atoms with van der Waals surface area (Å²) in [5, 5.41) is 11.8. The molecule has 6 heteroatoms. The van der Waals surface area contributed by atoms with Gasteiger partial charge in [0, 0.05) is 31.4 Å². The number of amides is 2. The lowest BCUT2D eigenvalue weighted by Crippen LogP contribution is -2.41. The van der Waals surface area contributed by atoms with E-state index < -0.39 is 0 Å². The third-order valence-corrected chi connectivity index (χ3v) is 4.03. The molecule has 1 aliphatic carbocycles. The van der Waals surface area contributed by atoms with Gasteiger partial charge in [-0.2, -0.15) is 0 Å². The van der Waals surface area contributed by atoms with Gasteiger partial charge in [-0.25, -0.2) is 9.78 Å². The van der Waals surface area contributed by atoms with E-state index in [1.165, 1.54) is 12.8 Å². The fourth-order valence-corrected chi connectivity index (χ4v) is 2.85. The number of carbonyl (C=O) groups is 1. The van der Waals surface area contributed by atoms with Crippen LogP contribution < -0.4 is 16.0 Å². The van der Waals surface area contributed by atoms with Crippen molar-refractivity contribution in [3.8, 4) is 0 Å². The number of nitrogens with zero attached hydrogens (tertiary/aromatic N) is 1. The Balaban J connectivity index is 1.63. The minimum Gasteiger partial charge on any atom is -0.365 e. The zero-order chi connectivity index (χ0) is 12.8. The minimum atomic E-state index is -0.0500. The van der Waals surface area contributed by atoms with Crippen LogP contribution in [0.25, 0.3) is 0 Å². The Bertz CT molecular complexity index is 387. The maximum Gasteiger partial charge on any atom is 0.315 e. The molecule has 0 atom stereocenters. The standard InChI is InChI=1S/C12H20N4OS/c1-13-12-16-10(8-18-12)6-7-14-11(17)15-9-4-2-3-5-9/h8-9H,2-7H2,1H3,(H,13,16)(H2,14,15,17). The summed E-state index contributed by atoms with van der Waals surface area (Å²) in [6.07, 6.45) is 5.47. The molecular formula is C12H20N4OS. The SMILES string of the molecule is CNc1nc(CCNC(=O)NC2CCCC2)cs1. The summed E-state index contributed by atoms with van der Waals surface area (Å²) < 4.78 is 0. The summed E-state index contributed by atoms with van der Waals surface area (Å²) in [5.74, 6) is 0. The van der Waals surface area contributed by atoms with Crippen molar-refractivity contribution in [2.75, 3.05) is 18.9 Å². The molecule has 0 aromatic carbocycles. The quantitative estimate of drug-likeness (QED) is 0.765. The Morgan fingerprint density at radius 1 is 1.50 bits per heavy atom. The number of rotatable bonds is 5. The summed E-state index contributed by atoms with van der Waals surface area (Å²) in [6.45, 7) is 0.630. The van der Waals surface area contributed by atoms with Gasteiger partial charge in [-0.1, -0.05) is 12.8 Å². The van der Waals surface area contributed by atoms with Gasteiger partial charge in [0.05, 0.1) is 5.69 Å². The Labute approximate surface area is 111 Å². The van der Waals surface area contributed by atoms with Gasteiger partial charge < -0.3 is 16.0 Å². The Morgan fingerprint density at radius 3 is 2.94 bits per heavy atom. The van der Waals surface area contributed by atoms with Crippen LogP contribution in [0, 0.1) is 0 Å². The molecule has 1 heterocycles. The van der Waals surface area contributed by atoms with Crippen molar-refractivity contribution < 1.29 is 4.79 Å². The molecule has 2 amide bonds. The van der Waals surface area contributed by atoms with E-state index in [-0.39, 0.29) is 6.03 Å². The van der Waals surface area contributed by atoms with Crippen molar-refractivity contribution in [3.63, 3.8) is 0 Å². The van der Waals surface area contributed by atoms with Gasteiger partial charge in [0.2, 0.25) is 0 Å². The van der Waals surface area contributed by atoms with E-state index in [9.17, 15) is 4.79 Å². The van der Waals surface area contributed by atoms with Crippen molar-refractivity contribution in [2.45, 2.75) is 38.1 Å². The van der Waals surface area contributed by atoms with Crippen LogP contribution in [0.5, 0.6) is 0 Å². The molecule has 0 aliphatic heterocycles. The predicted molar refractivity (Wildman–Crippen MR) is 74.2 cm³/mol. The molecule has 5 nitrogen and oxygen atoms in total. The summed E-state index contributed by atoms with van der Waals surface area (Å²) in [4.78, 5) is 16.0. The Hall–Kier alpha value is -1.30. The van der Waals surface area contributed by atoms with Crippen LogP contribution in [0.3, 0.4) is 0 Å². The van der Waals surface area contributed by atoms with Gasteiger partial charge in [-0.15, -0.1) is 11.3 Å². The highest BCUT2D eigenvalue weighted by molar-refractivity contribution is 7.13. The molecule has 1 aromatic heterocycles. The first-order valence-corrected chi connectivity index (χ1v) is 7.32. The van der Waals surface area contributed by atoms with E-state index in [0.717, 1.165) is 30.1 Å². The molecule has 0 spiro atoms. The van der Waals surface area contributed by atoms with Crippen LogP contribution in [0.15, 0.2) is 5.38 Å². The maximum absolute atomic E-state index is 11.6. The highest BCUT2D eigenvalue weighted by atomic mass is 32.1. The molecule has 100 valence electrons. The second-order valence-corrected chi connectivity index (χ2v) is 5.38. The van der Waals surface area contributed by atoms with Gasteiger partial charge in [-0.3, -0.25) is 0 Å². The third-order valence-electron chi connectivity index (χ3n) is 3.12. The minimum absolute atomic E-state index is 0.0500. The highest BCUT2D eigenvalue weighted by Gasteiger charge is 2.16. The predicted octanol–water partition coefficient (Wildman–Crippen LogP) is 1.97. The monoisotopic (exact) mass is 268 g/mol. The average molecular weight is 268 g/mol. The first kappa shape index (κ1) is 13.1. The molecule has 1 aromatic rings. The molecule has 0 saturated heterocycles. The summed E-state index contributed by atoms with van der Waals surface area (Å²) in [5.41, 5.74) is 1.02. The van der Waals surface area contributed by atoms with Crippen LogP contribution in [0.2, 0.25) is 0 Å². The summed E-state index contributed by atoms with van der Waals surface area (Å²) >= 11 is 1.58. The van der Waals surface area contributed by atoms with E-state index in [0.29, 0.717) is 12.6 Å². The first-order valence-electron chi connectivity index (χ1n) is 6.44. The topological polar surface area (TPSA) is 66.0 Å². The molecule has 18 heavy (non-hydrogen) atoms. The number of thiazole rings is 1. The lowest BCUT2D eigenvalue weighted by molar-refractivity contribution is 0.237. The van der Waals surface area contributed by atoms with E-state index >= 15 is 0 Å². The van der Waals surface area contributed by atoms with Gasteiger partial charge >= 0.3 is 6.03 Å². The van der Waals surface area contributed by atoms with Gasteiger partial charge in [0.15, 0.2) is 5.13 Å². The summed E-state index contributed by atoms with van der Waals surface area (Å²) in [7, 11) is 1.86. The van der Waals surface area contributed by atoms with Crippen molar-refractivity contribution in [3.05, 3.63) is 11.1 Å². The lowest BCUT2D eigenvalue weighted by atomic mass is 10.2. The van der Waals surface area contributed by atoms with Gasteiger partial charge in [0.25, 0.3) is 0 Å². The number of nitrogens with one attached hydrogen (secondary N) is 3. The van der Waals surface area contributed by atoms with Crippen molar-refractivity contribution in [1.82, 2.24) is 15.6 Å². The number of aromatic nitrogens is 1. The fourth-order valence-electron chi connectivity index (χ4n) is 2.15. The molecular weight excluding hydrogens is 248 g/mol. The van der Waals surface area contributed by atoms with Crippen LogP contribution in [0.1, 0.15) is 31.4 Å². The number of hydrogen-bond donors (Lipinski definition) is 3. The first-order chi connectivity index (χ1) is 8.78. The van der Waals surface area contributed by atoms with Gasteiger partial charge in [-0.05, 0) is 12.8 Å². The Morgan fingerprint density at radius 2 is 2.28 bits per heavy atom. The smallest absolute Gasteiger partial charge is 0.315 e. The lowest BCUT2D eigenvalue weighted by Gasteiger charge is -2.12. The van der Waals surface area contributed by atoms with Crippen molar-refractivity contribution in [2.24, 2.45) is 0 Å². The number of carbonyl (C=O) groups excluding carboxylic acids is 1. The third kappa shape index (κ3) is 3.87. The van der Waals surface area contributed by atoms with Crippen LogP contribution in [-0.2, 0) is 6.42 Å². The molecule has 2 rings (SSSR count). The Kier molecular flexibility index (Phi) is 4.81. The molecule has 0 bridgehead atoms. The molecule has 3 N–H and O–H groups in total. The zero-order valence-corrected chi connectivity index (χ0v) is 11.5. The number of anilines is 1. The normalized spacial score (nSPS) is 15.6.